The predicted octanol–water partition coefficient (Wildman–Crippen LogP) is 3.89. The van der Waals surface area contributed by atoms with Crippen molar-refractivity contribution in [3.8, 4) is 11.4 Å². The zero-order valence-electron chi connectivity index (χ0n) is 12.5. The molecule has 0 aliphatic carbocycles. The Morgan fingerprint density at radius 3 is 2.61 bits per heavy atom. The molecule has 0 aliphatic rings. The number of hydrogen-bond acceptors (Lipinski definition) is 4. The second kappa shape index (κ2) is 6.27. The summed E-state index contributed by atoms with van der Waals surface area (Å²) in [5, 5.41) is 12.1. The van der Waals surface area contributed by atoms with Crippen molar-refractivity contribution in [2.75, 3.05) is 5.32 Å². The first-order valence-corrected chi connectivity index (χ1v) is 7.12. The van der Waals surface area contributed by atoms with Gasteiger partial charge >= 0.3 is 5.97 Å². The van der Waals surface area contributed by atoms with Crippen molar-refractivity contribution in [2.45, 2.75) is 6.92 Å². The Bertz CT molecular complexity index is 845. The average Bonchev–Trinajstić information content (AvgIpc) is 2.56. The van der Waals surface area contributed by atoms with Gasteiger partial charge in [-0.3, -0.25) is 0 Å². The Morgan fingerprint density at radius 2 is 1.87 bits per heavy atom. The molecule has 3 aromatic rings. The molecule has 5 nitrogen and oxygen atoms in total. The molecular formula is C18H15N3O2. The van der Waals surface area contributed by atoms with Gasteiger partial charge in [0.05, 0.1) is 5.56 Å². The first kappa shape index (κ1) is 14.7. The standard InChI is InChI=1S/C18H15N3O2/c1-12-5-7-13(8-6-12)17-19-10-9-16(21-17)20-15-4-2-3-14(11-15)18(22)23/h2-11H,1H3,(H,22,23)(H,19,20,21). The molecule has 1 aromatic heterocycles. The van der Waals surface area contributed by atoms with Gasteiger partial charge in [0.25, 0.3) is 0 Å². The quantitative estimate of drug-likeness (QED) is 0.764. The number of carboxylic acids is 1. The fourth-order valence-corrected chi connectivity index (χ4v) is 2.15. The number of anilines is 2. The van der Waals surface area contributed by atoms with Crippen LogP contribution in [0, 0.1) is 6.92 Å². The molecule has 0 atom stereocenters. The van der Waals surface area contributed by atoms with Crippen LogP contribution in [-0.2, 0) is 0 Å². The average molecular weight is 305 g/mol. The van der Waals surface area contributed by atoms with E-state index in [-0.39, 0.29) is 5.56 Å². The van der Waals surface area contributed by atoms with E-state index in [1.54, 1.807) is 36.5 Å². The minimum Gasteiger partial charge on any atom is -0.478 e. The van der Waals surface area contributed by atoms with Crippen molar-refractivity contribution >= 4 is 17.5 Å². The molecule has 0 saturated heterocycles. The van der Waals surface area contributed by atoms with Gasteiger partial charge in [0.2, 0.25) is 0 Å². The molecule has 0 spiro atoms. The van der Waals surface area contributed by atoms with E-state index in [4.69, 9.17) is 5.11 Å². The van der Waals surface area contributed by atoms with E-state index < -0.39 is 5.97 Å². The van der Waals surface area contributed by atoms with E-state index in [2.05, 4.69) is 15.3 Å². The van der Waals surface area contributed by atoms with Crippen LogP contribution < -0.4 is 5.32 Å². The fourth-order valence-electron chi connectivity index (χ4n) is 2.15. The molecule has 23 heavy (non-hydrogen) atoms. The van der Waals surface area contributed by atoms with Crippen LogP contribution in [0.25, 0.3) is 11.4 Å². The Labute approximate surface area is 133 Å². The fraction of sp³-hybridized carbons (Fsp3) is 0.0556. The highest BCUT2D eigenvalue weighted by molar-refractivity contribution is 5.89. The lowest BCUT2D eigenvalue weighted by molar-refractivity contribution is 0.0697. The van der Waals surface area contributed by atoms with Crippen LogP contribution in [0.2, 0.25) is 0 Å². The largest absolute Gasteiger partial charge is 0.478 e. The molecule has 2 N–H and O–H groups in total. The SMILES string of the molecule is Cc1ccc(-c2nccc(Nc3cccc(C(=O)O)c3)n2)cc1. The number of aromatic nitrogens is 2. The van der Waals surface area contributed by atoms with Gasteiger partial charge in [-0.25, -0.2) is 14.8 Å². The number of nitrogens with zero attached hydrogens (tertiary/aromatic N) is 2. The number of carboxylic acid groups (broad SMARTS) is 1. The van der Waals surface area contributed by atoms with Crippen LogP contribution >= 0.6 is 0 Å². The topological polar surface area (TPSA) is 75.1 Å². The van der Waals surface area contributed by atoms with Gasteiger partial charge < -0.3 is 10.4 Å². The van der Waals surface area contributed by atoms with Gasteiger partial charge in [-0.1, -0.05) is 35.9 Å². The summed E-state index contributed by atoms with van der Waals surface area (Å²) in [6.07, 6.45) is 1.67. The Balaban J connectivity index is 1.87. The molecule has 114 valence electrons. The monoisotopic (exact) mass is 305 g/mol. The van der Waals surface area contributed by atoms with Gasteiger partial charge in [0.15, 0.2) is 5.82 Å². The number of aromatic carboxylic acids is 1. The van der Waals surface area contributed by atoms with E-state index >= 15 is 0 Å². The van der Waals surface area contributed by atoms with Crippen molar-refractivity contribution in [3.63, 3.8) is 0 Å². The molecule has 0 radical (unpaired) electrons. The number of aryl methyl sites for hydroxylation is 1. The van der Waals surface area contributed by atoms with Gasteiger partial charge in [0, 0.05) is 17.4 Å². The minimum atomic E-state index is -0.961. The molecule has 2 aromatic carbocycles. The second-order valence-electron chi connectivity index (χ2n) is 5.14. The molecule has 0 amide bonds. The molecule has 0 aliphatic heterocycles. The summed E-state index contributed by atoms with van der Waals surface area (Å²) >= 11 is 0. The van der Waals surface area contributed by atoms with E-state index in [1.807, 2.05) is 31.2 Å². The van der Waals surface area contributed by atoms with E-state index in [9.17, 15) is 4.79 Å². The van der Waals surface area contributed by atoms with Crippen molar-refractivity contribution in [1.82, 2.24) is 9.97 Å². The molecule has 5 heteroatoms. The number of benzene rings is 2. The van der Waals surface area contributed by atoms with Crippen molar-refractivity contribution in [2.24, 2.45) is 0 Å². The van der Waals surface area contributed by atoms with Crippen LogP contribution in [0.3, 0.4) is 0 Å². The highest BCUT2D eigenvalue weighted by Gasteiger charge is 2.05. The van der Waals surface area contributed by atoms with Crippen LogP contribution in [0.5, 0.6) is 0 Å². The highest BCUT2D eigenvalue weighted by atomic mass is 16.4. The maximum atomic E-state index is 11.0. The lowest BCUT2D eigenvalue weighted by atomic mass is 10.1. The summed E-state index contributed by atoms with van der Waals surface area (Å²) in [4.78, 5) is 19.8. The van der Waals surface area contributed by atoms with Crippen molar-refractivity contribution in [3.05, 3.63) is 71.9 Å². The van der Waals surface area contributed by atoms with Crippen LogP contribution in [-0.4, -0.2) is 21.0 Å². The Hall–Kier alpha value is -3.21. The lowest BCUT2D eigenvalue weighted by Crippen LogP contribution is -2.00. The third kappa shape index (κ3) is 3.52. The minimum absolute atomic E-state index is 0.225. The summed E-state index contributed by atoms with van der Waals surface area (Å²) in [5.41, 5.74) is 2.99. The summed E-state index contributed by atoms with van der Waals surface area (Å²) in [6, 6.07) is 16.3. The highest BCUT2D eigenvalue weighted by Crippen LogP contribution is 2.20. The van der Waals surface area contributed by atoms with Crippen LogP contribution in [0.4, 0.5) is 11.5 Å². The van der Waals surface area contributed by atoms with Crippen LogP contribution in [0.15, 0.2) is 60.8 Å². The zero-order chi connectivity index (χ0) is 16.2. The van der Waals surface area contributed by atoms with Gasteiger partial charge in [-0.15, -0.1) is 0 Å². The summed E-state index contributed by atoms with van der Waals surface area (Å²) in [5.74, 6) is 0.263. The summed E-state index contributed by atoms with van der Waals surface area (Å²) in [7, 11) is 0. The molecular weight excluding hydrogens is 290 g/mol. The van der Waals surface area contributed by atoms with E-state index in [0.29, 0.717) is 17.3 Å². The number of carbonyl (C=O) groups is 1. The Morgan fingerprint density at radius 1 is 1.09 bits per heavy atom. The third-order valence-corrected chi connectivity index (χ3v) is 3.35. The molecule has 1 heterocycles. The summed E-state index contributed by atoms with van der Waals surface area (Å²) < 4.78 is 0. The number of rotatable bonds is 4. The van der Waals surface area contributed by atoms with Crippen LogP contribution in [0.1, 0.15) is 15.9 Å². The first-order chi connectivity index (χ1) is 11.1. The van der Waals surface area contributed by atoms with E-state index in [1.165, 1.54) is 5.56 Å². The van der Waals surface area contributed by atoms with Crippen molar-refractivity contribution in [1.29, 1.82) is 0 Å². The first-order valence-electron chi connectivity index (χ1n) is 7.12. The number of nitrogens with one attached hydrogen (secondary N) is 1. The van der Waals surface area contributed by atoms with E-state index in [0.717, 1.165) is 5.56 Å². The zero-order valence-corrected chi connectivity index (χ0v) is 12.5. The smallest absolute Gasteiger partial charge is 0.335 e. The predicted molar refractivity (Wildman–Crippen MR) is 88.9 cm³/mol. The second-order valence-corrected chi connectivity index (χ2v) is 5.14. The molecule has 0 unspecified atom stereocenters. The molecule has 0 bridgehead atoms. The van der Waals surface area contributed by atoms with Crippen molar-refractivity contribution < 1.29 is 9.90 Å². The Kier molecular flexibility index (Phi) is 4.01. The lowest BCUT2D eigenvalue weighted by Gasteiger charge is -2.08. The third-order valence-electron chi connectivity index (χ3n) is 3.35. The van der Waals surface area contributed by atoms with Gasteiger partial charge in [-0.05, 0) is 31.2 Å². The molecule has 0 fully saturated rings. The number of hydrogen-bond donors (Lipinski definition) is 2. The maximum Gasteiger partial charge on any atom is 0.335 e. The van der Waals surface area contributed by atoms with Gasteiger partial charge in [0.1, 0.15) is 5.82 Å². The van der Waals surface area contributed by atoms with Gasteiger partial charge in [-0.2, -0.15) is 0 Å². The maximum absolute atomic E-state index is 11.0. The molecule has 0 saturated carbocycles. The summed E-state index contributed by atoms with van der Waals surface area (Å²) in [6.45, 7) is 2.03. The normalized spacial score (nSPS) is 10.3. The molecule has 3 rings (SSSR count).